The Kier molecular flexibility index (Phi) is 3.00. The number of imidazole rings is 1. The summed E-state index contributed by atoms with van der Waals surface area (Å²) >= 11 is 0. The molecule has 2 aliphatic carbocycles. The van der Waals surface area contributed by atoms with Crippen molar-refractivity contribution >= 4 is 11.9 Å². The molecule has 2 fully saturated rings. The number of rotatable bonds is 5. The molecule has 3 unspecified atom stereocenters. The molecule has 1 amide bonds. The van der Waals surface area contributed by atoms with Crippen molar-refractivity contribution in [3.8, 4) is 0 Å². The monoisotopic (exact) mass is 263 g/mol. The number of hydrogen-bond donors (Lipinski definition) is 3. The van der Waals surface area contributed by atoms with Gasteiger partial charge in [0.25, 0.3) is 0 Å². The minimum atomic E-state index is -1.01. The second kappa shape index (κ2) is 4.68. The number of carboxylic acids is 1. The van der Waals surface area contributed by atoms with Gasteiger partial charge in [0.1, 0.15) is 6.04 Å². The molecule has 0 aliphatic heterocycles. The standard InChI is InChI=1S/C13H17N3O3/c17-12(9-2-7-1-8(7)3-9)16-11(13(18)19)4-10-5-14-6-15-10/h5-9,11H,1-4H2,(H,14,15)(H,16,17)(H,18,19). The van der Waals surface area contributed by atoms with E-state index in [9.17, 15) is 14.7 Å². The highest BCUT2D eigenvalue weighted by atomic mass is 16.4. The van der Waals surface area contributed by atoms with Crippen molar-refractivity contribution in [2.45, 2.75) is 31.7 Å². The number of carbonyl (C=O) groups excluding carboxylic acids is 1. The summed E-state index contributed by atoms with van der Waals surface area (Å²) in [7, 11) is 0. The summed E-state index contributed by atoms with van der Waals surface area (Å²) in [5.74, 6) is 0.316. The van der Waals surface area contributed by atoms with E-state index in [4.69, 9.17) is 0 Å². The topological polar surface area (TPSA) is 95.1 Å². The molecule has 0 radical (unpaired) electrons. The molecular weight excluding hydrogens is 246 g/mol. The van der Waals surface area contributed by atoms with Crippen LogP contribution in [0.4, 0.5) is 0 Å². The minimum Gasteiger partial charge on any atom is -0.480 e. The number of fused-ring (bicyclic) bond motifs is 1. The number of aromatic nitrogens is 2. The first-order chi connectivity index (χ1) is 9.13. The molecule has 1 aromatic heterocycles. The Hall–Kier alpha value is -1.85. The number of carbonyl (C=O) groups is 2. The van der Waals surface area contributed by atoms with Gasteiger partial charge in [-0.1, -0.05) is 0 Å². The number of H-pyrrole nitrogens is 1. The van der Waals surface area contributed by atoms with Crippen LogP contribution in [0, 0.1) is 17.8 Å². The first-order valence-corrected chi connectivity index (χ1v) is 6.64. The third-order valence-corrected chi connectivity index (χ3v) is 4.21. The second-order valence-corrected chi connectivity index (χ2v) is 5.60. The van der Waals surface area contributed by atoms with Gasteiger partial charge in [0.15, 0.2) is 0 Å². The number of aromatic amines is 1. The molecule has 2 saturated carbocycles. The lowest BCUT2D eigenvalue weighted by Gasteiger charge is -2.17. The van der Waals surface area contributed by atoms with E-state index in [0.717, 1.165) is 12.8 Å². The van der Waals surface area contributed by atoms with E-state index in [-0.39, 0.29) is 18.2 Å². The summed E-state index contributed by atoms with van der Waals surface area (Å²) in [4.78, 5) is 30.0. The van der Waals surface area contributed by atoms with Crippen molar-refractivity contribution < 1.29 is 14.7 Å². The fraction of sp³-hybridized carbons (Fsp3) is 0.615. The summed E-state index contributed by atoms with van der Waals surface area (Å²) in [6, 6.07) is -0.884. The number of nitrogens with one attached hydrogen (secondary N) is 2. The maximum Gasteiger partial charge on any atom is 0.326 e. The Balaban J connectivity index is 1.58. The fourth-order valence-electron chi connectivity index (χ4n) is 3.03. The zero-order chi connectivity index (χ0) is 13.4. The molecule has 6 heteroatoms. The zero-order valence-electron chi connectivity index (χ0n) is 10.5. The van der Waals surface area contributed by atoms with Crippen LogP contribution in [-0.2, 0) is 16.0 Å². The highest BCUT2D eigenvalue weighted by molar-refractivity contribution is 5.85. The lowest BCUT2D eigenvalue weighted by atomic mass is 10.0. The van der Waals surface area contributed by atoms with Crippen LogP contribution in [0.5, 0.6) is 0 Å². The van der Waals surface area contributed by atoms with Crippen LogP contribution in [0.25, 0.3) is 0 Å². The molecule has 1 aromatic rings. The van der Waals surface area contributed by atoms with Crippen LogP contribution >= 0.6 is 0 Å². The summed E-state index contributed by atoms with van der Waals surface area (Å²) in [5, 5.41) is 11.8. The van der Waals surface area contributed by atoms with Gasteiger partial charge in [-0.05, 0) is 31.1 Å². The van der Waals surface area contributed by atoms with Crippen LogP contribution in [0.1, 0.15) is 25.0 Å². The summed E-state index contributed by atoms with van der Waals surface area (Å²) in [5.41, 5.74) is 0.710. The van der Waals surface area contributed by atoms with E-state index in [1.165, 1.54) is 12.7 Å². The molecule has 0 saturated heterocycles. The molecule has 2 aliphatic rings. The maximum atomic E-state index is 12.1. The lowest BCUT2D eigenvalue weighted by molar-refractivity contribution is -0.142. The lowest BCUT2D eigenvalue weighted by Crippen LogP contribution is -2.44. The zero-order valence-corrected chi connectivity index (χ0v) is 10.5. The van der Waals surface area contributed by atoms with Crippen molar-refractivity contribution in [1.29, 1.82) is 0 Å². The normalized spacial score (nSPS) is 29.6. The van der Waals surface area contributed by atoms with Gasteiger partial charge in [0, 0.05) is 24.2 Å². The Labute approximate surface area is 110 Å². The van der Waals surface area contributed by atoms with Crippen molar-refractivity contribution in [1.82, 2.24) is 15.3 Å². The number of amides is 1. The molecule has 3 N–H and O–H groups in total. The van der Waals surface area contributed by atoms with Gasteiger partial charge in [-0.25, -0.2) is 9.78 Å². The molecule has 3 atom stereocenters. The van der Waals surface area contributed by atoms with Crippen molar-refractivity contribution in [3.05, 3.63) is 18.2 Å². The summed E-state index contributed by atoms with van der Waals surface area (Å²) in [6.45, 7) is 0. The van der Waals surface area contributed by atoms with E-state index in [2.05, 4.69) is 15.3 Å². The van der Waals surface area contributed by atoms with Gasteiger partial charge in [-0.15, -0.1) is 0 Å². The highest BCUT2D eigenvalue weighted by Gasteiger charge is 2.48. The van der Waals surface area contributed by atoms with Crippen LogP contribution in [0.3, 0.4) is 0 Å². The fourth-order valence-corrected chi connectivity index (χ4v) is 3.03. The molecule has 19 heavy (non-hydrogen) atoms. The predicted octanol–water partition coefficient (Wildman–Crippen LogP) is 0.568. The van der Waals surface area contributed by atoms with E-state index in [1.807, 2.05) is 0 Å². The predicted molar refractivity (Wildman–Crippen MR) is 66.2 cm³/mol. The second-order valence-electron chi connectivity index (χ2n) is 5.60. The van der Waals surface area contributed by atoms with Crippen molar-refractivity contribution in [2.75, 3.05) is 0 Å². The van der Waals surface area contributed by atoms with Gasteiger partial charge >= 0.3 is 5.97 Å². The summed E-state index contributed by atoms with van der Waals surface area (Å²) < 4.78 is 0. The van der Waals surface area contributed by atoms with Crippen molar-refractivity contribution in [2.24, 2.45) is 17.8 Å². The van der Waals surface area contributed by atoms with Crippen molar-refractivity contribution in [3.63, 3.8) is 0 Å². The Morgan fingerprint density at radius 2 is 2.16 bits per heavy atom. The quantitative estimate of drug-likeness (QED) is 0.723. The number of hydrogen-bond acceptors (Lipinski definition) is 3. The van der Waals surface area contributed by atoms with E-state index >= 15 is 0 Å². The SMILES string of the molecule is O=C(NC(Cc1cnc[nH]1)C(=O)O)C1CC2CC2C1. The minimum absolute atomic E-state index is 0.00682. The largest absolute Gasteiger partial charge is 0.480 e. The van der Waals surface area contributed by atoms with E-state index < -0.39 is 12.0 Å². The summed E-state index contributed by atoms with van der Waals surface area (Å²) in [6.07, 6.45) is 6.41. The third-order valence-electron chi connectivity index (χ3n) is 4.21. The van der Waals surface area contributed by atoms with E-state index in [0.29, 0.717) is 17.5 Å². The molecule has 102 valence electrons. The van der Waals surface area contributed by atoms with Gasteiger partial charge in [-0.2, -0.15) is 0 Å². The highest BCUT2D eigenvalue weighted by Crippen LogP contribution is 2.54. The molecule has 0 spiro atoms. The molecular formula is C13H17N3O3. The van der Waals surface area contributed by atoms with Gasteiger partial charge in [-0.3, -0.25) is 4.79 Å². The van der Waals surface area contributed by atoms with Crippen LogP contribution in [0.2, 0.25) is 0 Å². The molecule has 1 heterocycles. The molecule has 0 bridgehead atoms. The Bertz CT molecular complexity index is 475. The Morgan fingerprint density at radius 3 is 2.74 bits per heavy atom. The first kappa shape index (κ1) is 12.2. The van der Waals surface area contributed by atoms with Gasteiger partial charge in [0.05, 0.1) is 6.33 Å². The smallest absolute Gasteiger partial charge is 0.326 e. The number of carboxylic acid groups (broad SMARTS) is 1. The van der Waals surface area contributed by atoms with Crippen LogP contribution in [0.15, 0.2) is 12.5 Å². The Morgan fingerprint density at radius 1 is 1.42 bits per heavy atom. The third kappa shape index (κ3) is 2.62. The maximum absolute atomic E-state index is 12.1. The first-order valence-electron chi connectivity index (χ1n) is 6.64. The molecule has 3 rings (SSSR count). The van der Waals surface area contributed by atoms with Gasteiger partial charge in [0.2, 0.25) is 5.91 Å². The number of nitrogens with zero attached hydrogens (tertiary/aromatic N) is 1. The van der Waals surface area contributed by atoms with E-state index in [1.54, 1.807) is 6.20 Å². The molecule has 0 aromatic carbocycles. The number of aliphatic carboxylic acids is 1. The van der Waals surface area contributed by atoms with Gasteiger partial charge < -0.3 is 15.4 Å². The molecule has 6 nitrogen and oxygen atoms in total. The average molecular weight is 263 g/mol. The average Bonchev–Trinajstić information content (AvgIpc) is 2.83. The van der Waals surface area contributed by atoms with Crippen LogP contribution in [-0.4, -0.2) is 33.0 Å². The van der Waals surface area contributed by atoms with Crippen LogP contribution < -0.4 is 5.32 Å².